The zero-order valence-electron chi connectivity index (χ0n) is 21.3. The van der Waals surface area contributed by atoms with Crippen LogP contribution in [0, 0.1) is 5.82 Å². The van der Waals surface area contributed by atoms with Crippen LogP contribution in [0.2, 0.25) is 5.02 Å². The largest absolute Gasteiger partial charge is 0.322 e. The van der Waals surface area contributed by atoms with Crippen LogP contribution in [-0.2, 0) is 0 Å². The Balaban J connectivity index is 1.79. The normalized spacial score (nSPS) is 12.1. The van der Waals surface area contributed by atoms with Gasteiger partial charge in [-0.2, -0.15) is 0 Å². The Bertz CT molecular complexity index is 1480. The molecular weight excluding hydrogens is 491 g/mol. The van der Waals surface area contributed by atoms with Gasteiger partial charge in [0, 0.05) is 12.2 Å². The zero-order valence-corrected chi connectivity index (χ0v) is 22.1. The molecule has 2 amide bonds. The minimum absolute atomic E-state index is 0.107. The quantitative estimate of drug-likeness (QED) is 0.278. The van der Waals surface area contributed by atoms with E-state index in [1.54, 1.807) is 29.2 Å². The number of nitrogens with zero attached hydrogens (tertiary/aromatic N) is 3. The van der Waals surface area contributed by atoms with Crippen molar-refractivity contribution in [3.05, 3.63) is 99.3 Å². The molecule has 37 heavy (non-hydrogen) atoms. The van der Waals surface area contributed by atoms with Crippen molar-refractivity contribution in [2.75, 3.05) is 11.9 Å². The number of carbonyl (C=O) groups excluding carboxylic acids is 1. The molecule has 4 aromatic rings. The Kier molecular flexibility index (Phi) is 7.93. The minimum atomic E-state index is -0.587. The average Bonchev–Trinajstić information content (AvgIpc) is 2.89. The first kappa shape index (κ1) is 26.4. The van der Waals surface area contributed by atoms with Crippen molar-refractivity contribution in [2.24, 2.45) is 0 Å². The van der Waals surface area contributed by atoms with Crippen LogP contribution in [0.3, 0.4) is 0 Å². The van der Waals surface area contributed by atoms with Crippen LogP contribution in [0.15, 0.2) is 71.5 Å². The number of halogens is 2. The highest BCUT2D eigenvalue weighted by Gasteiger charge is 2.27. The summed E-state index contributed by atoms with van der Waals surface area (Å²) in [5, 5.41) is 3.28. The Morgan fingerprint density at radius 3 is 2.43 bits per heavy atom. The first-order valence-corrected chi connectivity index (χ1v) is 12.7. The summed E-state index contributed by atoms with van der Waals surface area (Å²) in [5.41, 5.74) is 2.42. The van der Waals surface area contributed by atoms with Gasteiger partial charge in [-0.1, -0.05) is 56.6 Å². The molecule has 0 aliphatic rings. The zero-order chi connectivity index (χ0) is 26.7. The summed E-state index contributed by atoms with van der Waals surface area (Å²) >= 11 is 6.06. The molecule has 0 spiro atoms. The van der Waals surface area contributed by atoms with Gasteiger partial charge in [0.1, 0.15) is 11.6 Å². The monoisotopic (exact) mass is 520 g/mol. The number of aromatic nitrogens is 2. The second kappa shape index (κ2) is 11.1. The van der Waals surface area contributed by atoms with Crippen LogP contribution in [0.25, 0.3) is 16.6 Å². The molecule has 6 nitrogen and oxygen atoms in total. The van der Waals surface area contributed by atoms with E-state index in [2.05, 4.69) is 19.2 Å². The molecule has 4 rings (SSSR count). The molecule has 192 valence electrons. The molecule has 0 saturated carbocycles. The van der Waals surface area contributed by atoms with Crippen LogP contribution < -0.4 is 10.9 Å². The SMILES string of the molecule is CCCN(C(=O)Nc1ccc(C(C)C)cc1)C(C)c1nc2ccccc2c(=O)n1-c1ccc(F)c(Cl)c1. The van der Waals surface area contributed by atoms with E-state index in [-0.39, 0.29) is 16.6 Å². The van der Waals surface area contributed by atoms with E-state index in [1.165, 1.54) is 28.3 Å². The van der Waals surface area contributed by atoms with Crippen molar-refractivity contribution >= 4 is 34.2 Å². The number of rotatable bonds is 7. The third-order valence-electron chi connectivity index (χ3n) is 6.36. The van der Waals surface area contributed by atoms with Gasteiger partial charge in [0.15, 0.2) is 0 Å². The van der Waals surface area contributed by atoms with Gasteiger partial charge in [-0.25, -0.2) is 14.2 Å². The van der Waals surface area contributed by atoms with Gasteiger partial charge < -0.3 is 10.2 Å². The number of fused-ring (bicyclic) bond motifs is 1. The van der Waals surface area contributed by atoms with Gasteiger partial charge in [0.2, 0.25) is 0 Å². The number of amides is 2. The summed E-state index contributed by atoms with van der Waals surface area (Å²) in [5.74, 6) is 0.152. The maximum absolute atomic E-state index is 13.9. The van der Waals surface area contributed by atoms with Crippen molar-refractivity contribution in [3.63, 3.8) is 0 Å². The molecule has 1 atom stereocenters. The summed E-state index contributed by atoms with van der Waals surface area (Å²) < 4.78 is 15.3. The molecule has 0 bridgehead atoms. The molecular formula is C29H30ClFN4O2. The predicted octanol–water partition coefficient (Wildman–Crippen LogP) is 7.31. The third kappa shape index (κ3) is 5.52. The lowest BCUT2D eigenvalue weighted by Crippen LogP contribution is -2.40. The van der Waals surface area contributed by atoms with Crippen molar-refractivity contribution < 1.29 is 9.18 Å². The maximum atomic E-state index is 13.9. The van der Waals surface area contributed by atoms with Crippen LogP contribution >= 0.6 is 11.6 Å². The van der Waals surface area contributed by atoms with Gasteiger partial charge in [-0.15, -0.1) is 0 Å². The molecule has 0 fully saturated rings. The van der Waals surface area contributed by atoms with Crippen LogP contribution in [0.4, 0.5) is 14.9 Å². The van der Waals surface area contributed by atoms with Crippen molar-refractivity contribution in [1.29, 1.82) is 0 Å². The smallest absolute Gasteiger partial charge is 0.315 e. The molecule has 0 saturated heterocycles. The maximum Gasteiger partial charge on any atom is 0.322 e. The number of anilines is 1. The van der Waals surface area contributed by atoms with Crippen molar-refractivity contribution in [1.82, 2.24) is 14.5 Å². The van der Waals surface area contributed by atoms with E-state index in [0.29, 0.717) is 47.0 Å². The number of para-hydroxylation sites is 1. The lowest BCUT2D eigenvalue weighted by molar-refractivity contribution is 0.189. The number of nitrogens with one attached hydrogen (secondary N) is 1. The molecule has 1 N–H and O–H groups in total. The molecule has 1 aromatic heterocycles. The highest BCUT2D eigenvalue weighted by molar-refractivity contribution is 6.30. The summed E-state index contributed by atoms with van der Waals surface area (Å²) in [7, 11) is 0. The van der Waals surface area contributed by atoms with E-state index in [9.17, 15) is 14.0 Å². The van der Waals surface area contributed by atoms with E-state index in [1.807, 2.05) is 38.1 Å². The fraction of sp³-hybridized carbons (Fsp3) is 0.276. The van der Waals surface area contributed by atoms with Gasteiger partial charge in [-0.05, 0) is 67.3 Å². The van der Waals surface area contributed by atoms with Crippen molar-refractivity contribution in [3.8, 4) is 5.69 Å². The minimum Gasteiger partial charge on any atom is -0.315 e. The number of hydrogen-bond donors (Lipinski definition) is 1. The molecule has 0 aliphatic heterocycles. The van der Waals surface area contributed by atoms with Gasteiger partial charge >= 0.3 is 6.03 Å². The predicted molar refractivity (Wildman–Crippen MR) is 147 cm³/mol. The summed E-state index contributed by atoms with van der Waals surface area (Å²) in [6, 6.07) is 18.0. The van der Waals surface area contributed by atoms with Crippen LogP contribution in [0.5, 0.6) is 0 Å². The third-order valence-corrected chi connectivity index (χ3v) is 6.65. The molecule has 1 unspecified atom stereocenters. The Labute approximate surface area is 220 Å². The fourth-order valence-corrected chi connectivity index (χ4v) is 4.48. The first-order valence-electron chi connectivity index (χ1n) is 12.4. The van der Waals surface area contributed by atoms with Gasteiger partial charge in [0.25, 0.3) is 5.56 Å². The topological polar surface area (TPSA) is 67.2 Å². The Morgan fingerprint density at radius 1 is 1.08 bits per heavy atom. The van der Waals surface area contributed by atoms with E-state index in [0.717, 1.165) is 0 Å². The summed E-state index contributed by atoms with van der Waals surface area (Å²) in [6.07, 6.45) is 0.699. The molecule has 1 heterocycles. The van der Waals surface area contributed by atoms with Crippen molar-refractivity contribution in [2.45, 2.75) is 46.1 Å². The molecule has 3 aromatic carbocycles. The first-order chi connectivity index (χ1) is 17.7. The highest BCUT2D eigenvalue weighted by atomic mass is 35.5. The summed E-state index contributed by atoms with van der Waals surface area (Å²) in [6.45, 7) is 8.47. The van der Waals surface area contributed by atoms with Gasteiger partial charge in [-0.3, -0.25) is 9.36 Å². The molecule has 0 radical (unpaired) electrons. The number of urea groups is 1. The number of hydrogen-bond acceptors (Lipinski definition) is 3. The van der Waals surface area contributed by atoms with E-state index < -0.39 is 11.9 Å². The second-order valence-electron chi connectivity index (χ2n) is 9.30. The number of carbonyl (C=O) groups is 1. The second-order valence-corrected chi connectivity index (χ2v) is 9.71. The van der Waals surface area contributed by atoms with E-state index >= 15 is 0 Å². The van der Waals surface area contributed by atoms with E-state index in [4.69, 9.17) is 16.6 Å². The molecule has 8 heteroatoms. The number of benzene rings is 3. The molecule has 0 aliphatic carbocycles. The fourth-order valence-electron chi connectivity index (χ4n) is 4.30. The Morgan fingerprint density at radius 2 is 1.78 bits per heavy atom. The van der Waals surface area contributed by atoms with Crippen LogP contribution in [-0.4, -0.2) is 27.0 Å². The standard InChI is InChI=1S/C29H30ClFN4O2/c1-5-16-34(29(37)32-21-12-10-20(11-13-21)18(2)3)19(4)27-33-26-9-7-6-8-23(26)28(36)35(27)22-14-15-25(31)24(30)17-22/h6-15,17-19H,5,16H2,1-4H3,(H,32,37). The van der Waals surface area contributed by atoms with Crippen LogP contribution in [0.1, 0.15) is 57.5 Å². The average molecular weight is 521 g/mol. The summed E-state index contributed by atoms with van der Waals surface area (Å²) in [4.78, 5) is 33.5. The lowest BCUT2D eigenvalue weighted by atomic mass is 10.0. The highest BCUT2D eigenvalue weighted by Crippen LogP contribution is 2.26. The van der Waals surface area contributed by atoms with Gasteiger partial charge in [0.05, 0.1) is 27.7 Å². The Hall–Kier alpha value is -3.71. The lowest BCUT2D eigenvalue weighted by Gasteiger charge is -2.30.